The van der Waals surface area contributed by atoms with Crippen LogP contribution in [0.3, 0.4) is 0 Å². The van der Waals surface area contributed by atoms with E-state index in [9.17, 15) is 14.4 Å². The number of ether oxygens (including phenoxy) is 3. The predicted molar refractivity (Wildman–Crippen MR) is 118 cm³/mol. The summed E-state index contributed by atoms with van der Waals surface area (Å²) >= 11 is 0. The Labute approximate surface area is 183 Å². The predicted octanol–water partition coefficient (Wildman–Crippen LogP) is 6.06. The number of hydrogen-bond donors (Lipinski definition) is 0. The molecule has 1 radical (unpaired) electrons. The lowest BCUT2D eigenvalue weighted by atomic mass is 10.1. The van der Waals surface area contributed by atoms with Crippen LogP contribution in [0.15, 0.2) is 0 Å². The molecule has 0 bridgehead atoms. The standard InChI is InChI=1S/C24H43O6/c1-4-7-10-13-16-22(25)28-19-21(30-24(27)18-15-12-9-6-3)20-29-23(26)17-14-11-8-5-2/h19,21H,4-18,20H2,1-3H3. The number of unbranched alkanes of at least 4 members (excludes halogenated alkanes) is 9. The van der Waals surface area contributed by atoms with Gasteiger partial charge in [-0.05, 0) is 19.3 Å². The van der Waals surface area contributed by atoms with Crippen LogP contribution in [0.5, 0.6) is 0 Å². The van der Waals surface area contributed by atoms with Crippen LogP contribution in [0, 0.1) is 6.61 Å². The molecule has 0 aliphatic carbocycles. The molecule has 0 aliphatic heterocycles. The summed E-state index contributed by atoms with van der Waals surface area (Å²) in [5, 5.41) is 0. The summed E-state index contributed by atoms with van der Waals surface area (Å²) < 4.78 is 15.7. The van der Waals surface area contributed by atoms with Crippen LogP contribution in [0.4, 0.5) is 0 Å². The first kappa shape index (κ1) is 28.4. The van der Waals surface area contributed by atoms with Gasteiger partial charge in [0.25, 0.3) is 0 Å². The smallest absolute Gasteiger partial charge is 0.306 e. The zero-order valence-corrected chi connectivity index (χ0v) is 19.4. The summed E-state index contributed by atoms with van der Waals surface area (Å²) in [4.78, 5) is 35.8. The first-order valence-corrected chi connectivity index (χ1v) is 11.9. The van der Waals surface area contributed by atoms with Gasteiger partial charge in [-0.25, -0.2) is 0 Å². The van der Waals surface area contributed by atoms with Gasteiger partial charge in [-0.2, -0.15) is 0 Å². The third-order valence-corrected chi connectivity index (χ3v) is 4.75. The Morgan fingerprint density at radius 2 is 1.10 bits per heavy atom. The van der Waals surface area contributed by atoms with E-state index in [1.54, 1.807) is 0 Å². The molecule has 0 N–H and O–H groups in total. The van der Waals surface area contributed by atoms with Crippen molar-refractivity contribution in [3.63, 3.8) is 0 Å². The summed E-state index contributed by atoms with van der Waals surface area (Å²) in [7, 11) is 0. The fraction of sp³-hybridized carbons (Fsp3) is 0.833. The monoisotopic (exact) mass is 427 g/mol. The van der Waals surface area contributed by atoms with Crippen molar-refractivity contribution in [1.82, 2.24) is 0 Å². The zero-order valence-electron chi connectivity index (χ0n) is 19.4. The minimum absolute atomic E-state index is 0.129. The van der Waals surface area contributed by atoms with Gasteiger partial charge in [0.05, 0.1) is 0 Å². The van der Waals surface area contributed by atoms with Gasteiger partial charge in [-0.3, -0.25) is 14.4 Å². The molecule has 0 heterocycles. The van der Waals surface area contributed by atoms with Crippen LogP contribution in [0.25, 0.3) is 0 Å². The first-order chi connectivity index (χ1) is 14.5. The van der Waals surface area contributed by atoms with Gasteiger partial charge in [0.15, 0.2) is 12.7 Å². The van der Waals surface area contributed by atoms with E-state index in [4.69, 9.17) is 14.2 Å². The summed E-state index contributed by atoms with van der Waals surface area (Å²) in [5.74, 6) is -1.05. The van der Waals surface area contributed by atoms with Crippen molar-refractivity contribution in [3.8, 4) is 0 Å². The normalized spacial score (nSPS) is 10.8. The van der Waals surface area contributed by atoms with Crippen LogP contribution in [-0.4, -0.2) is 30.6 Å². The van der Waals surface area contributed by atoms with E-state index in [0.29, 0.717) is 19.3 Å². The van der Waals surface area contributed by atoms with E-state index in [0.717, 1.165) is 77.0 Å². The highest BCUT2D eigenvalue weighted by Gasteiger charge is 2.20. The number of carbonyl (C=O) groups is 3. The molecule has 0 aliphatic rings. The van der Waals surface area contributed by atoms with Crippen LogP contribution < -0.4 is 0 Å². The quantitative estimate of drug-likeness (QED) is 0.133. The molecular weight excluding hydrogens is 384 g/mol. The van der Waals surface area contributed by atoms with Crippen molar-refractivity contribution in [2.75, 3.05) is 6.61 Å². The molecule has 0 saturated carbocycles. The maximum absolute atomic E-state index is 12.1. The number of hydrogen-bond acceptors (Lipinski definition) is 6. The Morgan fingerprint density at radius 3 is 1.60 bits per heavy atom. The second-order valence-electron chi connectivity index (χ2n) is 7.77. The second kappa shape index (κ2) is 20.7. The highest BCUT2D eigenvalue weighted by Crippen LogP contribution is 2.10. The minimum Gasteiger partial charge on any atom is -0.462 e. The Balaban J connectivity index is 4.37. The molecular formula is C24H43O6. The van der Waals surface area contributed by atoms with E-state index in [2.05, 4.69) is 20.8 Å². The third kappa shape index (κ3) is 18.4. The molecule has 0 aromatic heterocycles. The van der Waals surface area contributed by atoms with Gasteiger partial charge < -0.3 is 14.2 Å². The van der Waals surface area contributed by atoms with Gasteiger partial charge in [0, 0.05) is 19.3 Å². The van der Waals surface area contributed by atoms with Crippen LogP contribution in [0.2, 0.25) is 0 Å². The minimum atomic E-state index is -0.872. The van der Waals surface area contributed by atoms with Crippen LogP contribution in [0.1, 0.15) is 117 Å². The molecule has 0 fully saturated rings. The molecule has 1 unspecified atom stereocenters. The first-order valence-electron chi connectivity index (χ1n) is 11.9. The SMILES string of the molecule is CCCCCCC(=O)O[CH]C(COC(=O)CCCCCC)OC(=O)CCCCCC. The maximum Gasteiger partial charge on any atom is 0.306 e. The summed E-state index contributed by atoms with van der Waals surface area (Å²) in [6.07, 6.45) is 11.9. The zero-order chi connectivity index (χ0) is 22.5. The highest BCUT2D eigenvalue weighted by molar-refractivity contribution is 5.71. The van der Waals surface area contributed by atoms with E-state index < -0.39 is 6.10 Å². The fourth-order valence-corrected chi connectivity index (χ4v) is 2.88. The number of esters is 3. The Morgan fingerprint density at radius 1 is 0.633 bits per heavy atom. The maximum atomic E-state index is 12.1. The van der Waals surface area contributed by atoms with Crippen molar-refractivity contribution in [2.24, 2.45) is 0 Å². The fourth-order valence-electron chi connectivity index (χ4n) is 2.88. The molecule has 6 nitrogen and oxygen atoms in total. The second-order valence-corrected chi connectivity index (χ2v) is 7.77. The number of rotatable bonds is 20. The van der Waals surface area contributed by atoms with Crippen LogP contribution >= 0.6 is 0 Å². The van der Waals surface area contributed by atoms with Crippen LogP contribution in [-0.2, 0) is 28.6 Å². The summed E-state index contributed by atoms with van der Waals surface area (Å²) in [6, 6.07) is 0. The van der Waals surface area contributed by atoms with E-state index in [1.807, 2.05) is 0 Å². The van der Waals surface area contributed by atoms with E-state index in [1.165, 1.54) is 6.61 Å². The van der Waals surface area contributed by atoms with E-state index >= 15 is 0 Å². The Kier molecular flexibility index (Phi) is 19.6. The summed E-state index contributed by atoms with van der Waals surface area (Å²) in [6.45, 7) is 7.39. The van der Waals surface area contributed by atoms with Crippen molar-refractivity contribution in [1.29, 1.82) is 0 Å². The molecule has 30 heavy (non-hydrogen) atoms. The topological polar surface area (TPSA) is 78.9 Å². The molecule has 6 heteroatoms. The number of carbonyl (C=O) groups excluding carboxylic acids is 3. The van der Waals surface area contributed by atoms with Crippen molar-refractivity contribution >= 4 is 17.9 Å². The molecule has 175 valence electrons. The molecule has 0 saturated heterocycles. The third-order valence-electron chi connectivity index (χ3n) is 4.75. The molecule has 0 amide bonds. The van der Waals surface area contributed by atoms with Gasteiger partial charge in [-0.1, -0.05) is 78.6 Å². The average molecular weight is 428 g/mol. The molecule has 0 aromatic rings. The largest absolute Gasteiger partial charge is 0.462 e. The highest BCUT2D eigenvalue weighted by atomic mass is 16.6. The molecule has 0 rings (SSSR count). The van der Waals surface area contributed by atoms with Gasteiger partial charge in [0.2, 0.25) is 0 Å². The van der Waals surface area contributed by atoms with Gasteiger partial charge in [-0.15, -0.1) is 0 Å². The molecule has 0 spiro atoms. The Hall–Kier alpha value is -1.59. The van der Waals surface area contributed by atoms with Gasteiger partial charge >= 0.3 is 17.9 Å². The lowest BCUT2D eigenvalue weighted by Gasteiger charge is -2.17. The van der Waals surface area contributed by atoms with Crippen molar-refractivity contribution in [2.45, 2.75) is 123 Å². The lowest BCUT2D eigenvalue weighted by molar-refractivity contribution is -0.162. The van der Waals surface area contributed by atoms with E-state index in [-0.39, 0.29) is 24.5 Å². The lowest BCUT2D eigenvalue weighted by Crippen LogP contribution is -2.27. The van der Waals surface area contributed by atoms with Gasteiger partial charge in [0.1, 0.15) is 6.61 Å². The Bertz CT molecular complexity index is 421. The molecule has 1 atom stereocenters. The van der Waals surface area contributed by atoms with Crippen molar-refractivity contribution in [3.05, 3.63) is 6.61 Å². The summed E-state index contributed by atoms with van der Waals surface area (Å²) in [5.41, 5.74) is 0. The average Bonchev–Trinajstić information content (AvgIpc) is 2.73. The van der Waals surface area contributed by atoms with Crippen molar-refractivity contribution < 1.29 is 28.6 Å². The molecule has 0 aromatic carbocycles.